The van der Waals surface area contributed by atoms with Crippen LogP contribution in [0.1, 0.15) is 24.3 Å². The fraction of sp³-hybridized carbons (Fsp3) is 0.333. The molecule has 1 saturated heterocycles. The van der Waals surface area contributed by atoms with Crippen molar-refractivity contribution in [3.63, 3.8) is 0 Å². The van der Waals surface area contributed by atoms with Crippen LogP contribution in [0.3, 0.4) is 0 Å². The first-order valence-electron chi connectivity index (χ1n) is 7.41. The van der Waals surface area contributed by atoms with Crippen LogP contribution in [0, 0.1) is 5.92 Å². The highest BCUT2D eigenvalue weighted by atomic mass is 35.5. The smallest absolute Gasteiger partial charge is 0.135 e. The van der Waals surface area contributed by atoms with E-state index < -0.39 is 0 Å². The van der Waals surface area contributed by atoms with Crippen LogP contribution in [0.5, 0.6) is 0 Å². The Kier molecular flexibility index (Phi) is 3.16. The van der Waals surface area contributed by atoms with Crippen molar-refractivity contribution < 1.29 is 9.15 Å². The van der Waals surface area contributed by atoms with Gasteiger partial charge in [0, 0.05) is 17.4 Å². The van der Waals surface area contributed by atoms with Crippen LogP contribution in [-0.2, 0) is 4.74 Å². The number of fused-ring (bicyclic) bond motifs is 3. The Labute approximate surface area is 128 Å². The molecular formula is C18H17ClO2. The first-order chi connectivity index (χ1) is 10.2. The van der Waals surface area contributed by atoms with E-state index >= 15 is 0 Å². The van der Waals surface area contributed by atoms with Crippen molar-refractivity contribution in [3.05, 3.63) is 48.0 Å². The minimum Gasteiger partial charge on any atom is -0.456 e. The van der Waals surface area contributed by atoms with E-state index in [2.05, 4.69) is 25.1 Å². The lowest BCUT2D eigenvalue weighted by atomic mass is 9.96. The van der Waals surface area contributed by atoms with E-state index in [4.69, 9.17) is 20.8 Å². The summed E-state index contributed by atoms with van der Waals surface area (Å²) in [5.41, 5.74) is 2.93. The molecule has 4 rings (SSSR count). The third-order valence-electron chi connectivity index (χ3n) is 4.45. The Morgan fingerprint density at radius 3 is 2.71 bits per heavy atom. The summed E-state index contributed by atoms with van der Waals surface area (Å²) in [5.74, 6) is 0.504. The van der Waals surface area contributed by atoms with Crippen LogP contribution in [-0.4, -0.2) is 12.7 Å². The zero-order chi connectivity index (χ0) is 14.4. The Morgan fingerprint density at radius 2 is 1.90 bits per heavy atom. The van der Waals surface area contributed by atoms with E-state index in [1.807, 2.05) is 24.3 Å². The van der Waals surface area contributed by atoms with Crippen molar-refractivity contribution in [2.75, 3.05) is 6.61 Å². The van der Waals surface area contributed by atoms with Crippen molar-refractivity contribution in [3.8, 4) is 0 Å². The molecule has 3 atom stereocenters. The number of halogens is 1. The summed E-state index contributed by atoms with van der Waals surface area (Å²) in [7, 11) is 0. The average molecular weight is 301 g/mol. The minimum atomic E-state index is -0.111. The molecule has 108 valence electrons. The van der Waals surface area contributed by atoms with Gasteiger partial charge in [-0.2, -0.15) is 0 Å². The van der Waals surface area contributed by atoms with Gasteiger partial charge in [0.2, 0.25) is 0 Å². The predicted octanol–water partition coefficient (Wildman–Crippen LogP) is 5.29. The van der Waals surface area contributed by atoms with Gasteiger partial charge in [-0.05, 0) is 36.1 Å². The van der Waals surface area contributed by atoms with Crippen molar-refractivity contribution >= 4 is 33.5 Å². The van der Waals surface area contributed by atoms with Gasteiger partial charge >= 0.3 is 0 Å². The molecular weight excluding hydrogens is 284 g/mol. The van der Waals surface area contributed by atoms with E-state index in [9.17, 15) is 0 Å². The summed E-state index contributed by atoms with van der Waals surface area (Å²) in [4.78, 5) is 0. The second-order valence-electron chi connectivity index (χ2n) is 5.86. The van der Waals surface area contributed by atoms with Gasteiger partial charge in [-0.25, -0.2) is 0 Å². The highest BCUT2D eigenvalue weighted by Gasteiger charge is 2.32. The molecule has 0 N–H and O–H groups in total. The summed E-state index contributed by atoms with van der Waals surface area (Å²) in [6.45, 7) is 3.02. The average Bonchev–Trinajstić information content (AvgIpc) is 3.09. The molecule has 3 unspecified atom stereocenters. The number of benzene rings is 2. The number of ether oxygens (including phenoxy) is 1. The van der Waals surface area contributed by atoms with Gasteiger partial charge in [-0.3, -0.25) is 0 Å². The third kappa shape index (κ3) is 2.14. The molecule has 2 aromatic carbocycles. The van der Waals surface area contributed by atoms with Crippen LogP contribution in [0.15, 0.2) is 46.9 Å². The topological polar surface area (TPSA) is 22.4 Å². The van der Waals surface area contributed by atoms with E-state index in [0.29, 0.717) is 5.92 Å². The van der Waals surface area contributed by atoms with Crippen molar-refractivity contribution in [1.29, 1.82) is 0 Å². The maximum atomic E-state index is 6.67. The Bertz CT molecular complexity index is 792. The van der Waals surface area contributed by atoms with Crippen LogP contribution < -0.4 is 0 Å². The fourth-order valence-electron chi connectivity index (χ4n) is 3.20. The molecule has 1 fully saturated rings. The molecule has 0 amide bonds. The SMILES string of the molecule is CC1CCOC1C(Cl)c1ccc2oc3ccccc3c2c1. The molecule has 21 heavy (non-hydrogen) atoms. The fourth-order valence-corrected chi connectivity index (χ4v) is 3.65. The Hall–Kier alpha value is -1.51. The summed E-state index contributed by atoms with van der Waals surface area (Å²) < 4.78 is 11.7. The molecule has 1 aromatic heterocycles. The molecule has 1 aliphatic rings. The summed E-state index contributed by atoms with van der Waals surface area (Å²) in [6, 6.07) is 14.3. The van der Waals surface area contributed by atoms with Gasteiger partial charge in [-0.1, -0.05) is 31.2 Å². The van der Waals surface area contributed by atoms with Gasteiger partial charge in [0.15, 0.2) is 0 Å². The van der Waals surface area contributed by atoms with Crippen molar-refractivity contribution in [1.82, 2.24) is 0 Å². The van der Waals surface area contributed by atoms with Gasteiger partial charge in [0.1, 0.15) is 11.2 Å². The zero-order valence-corrected chi connectivity index (χ0v) is 12.6. The Morgan fingerprint density at radius 1 is 1.10 bits per heavy atom. The van der Waals surface area contributed by atoms with E-state index in [0.717, 1.165) is 40.5 Å². The van der Waals surface area contributed by atoms with Crippen LogP contribution >= 0.6 is 11.6 Å². The molecule has 0 radical (unpaired) electrons. The summed E-state index contributed by atoms with van der Waals surface area (Å²) in [5, 5.41) is 2.15. The second kappa shape index (κ2) is 5.04. The number of hydrogen-bond acceptors (Lipinski definition) is 2. The van der Waals surface area contributed by atoms with Gasteiger partial charge in [0.05, 0.1) is 11.5 Å². The highest BCUT2D eigenvalue weighted by Crippen LogP contribution is 2.38. The van der Waals surface area contributed by atoms with Gasteiger partial charge < -0.3 is 9.15 Å². The third-order valence-corrected chi connectivity index (χ3v) is 4.95. The number of rotatable bonds is 2. The lowest BCUT2D eigenvalue weighted by molar-refractivity contribution is 0.0904. The maximum Gasteiger partial charge on any atom is 0.135 e. The number of furan rings is 1. The van der Waals surface area contributed by atoms with E-state index in [1.54, 1.807) is 0 Å². The monoisotopic (exact) mass is 300 g/mol. The maximum absolute atomic E-state index is 6.67. The molecule has 3 aromatic rings. The first-order valence-corrected chi connectivity index (χ1v) is 7.84. The van der Waals surface area contributed by atoms with E-state index in [-0.39, 0.29) is 11.5 Å². The molecule has 0 spiro atoms. The number of alkyl halides is 1. The molecule has 0 bridgehead atoms. The van der Waals surface area contributed by atoms with Crippen LogP contribution in [0.2, 0.25) is 0 Å². The number of para-hydroxylation sites is 1. The quantitative estimate of drug-likeness (QED) is 0.600. The Balaban J connectivity index is 1.80. The second-order valence-corrected chi connectivity index (χ2v) is 6.33. The zero-order valence-electron chi connectivity index (χ0n) is 11.9. The molecule has 2 nitrogen and oxygen atoms in total. The van der Waals surface area contributed by atoms with Gasteiger partial charge in [-0.15, -0.1) is 11.6 Å². The molecule has 3 heteroatoms. The van der Waals surface area contributed by atoms with Gasteiger partial charge in [0.25, 0.3) is 0 Å². The standard InChI is InChI=1S/C18H17ClO2/c1-11-8-9-20-18(11)17(19)12-6-7-16-14(10-12)13-4-2-3-5-15(13)21-16/h2-7,10-11,17-18H,8-9H2,1H3. The first kappa shape index (κ1) is 13.2. The largest absolute Gasteiger partial charge is 0.456 e. The summed E-state index contributed by atoms with van der Waals surface area (Å²) in [6.07, 6.45) is 1.19. The molecule has 1 aliphatic heterocycles. The van der Waals surface area contributed by atoms with Crippen LogP contribution in [0.4, 0.5) is 0 Å². The lowest BCUT2D eigenvalue weighted by Crippen LogP contribution is -2.19. The van der Waals surface area contributed by atoms with E-state index in [1.165, 1.54) is 0 Å². The molecule has 0 aliphatic carbocycles. The van der Waals surface area contributed by atoms with Crippen LogP contribution in [0.25, 0.3) is 21.9 Å². The molecule has 2 heterocycles. The minimum absolute atomic E-state index is 0.0993. The lowest BCUT2D eigenvalue weighted by Gasteiger charge is -2.21. The van der Waals surface area contributed by atoms with Crippen molar-refractivity contribution in [2.24, 2.45) is 5.92 Å². The summed E-state index contributed by atoms with van der Waals surface area (Å²) >= 11 is 6.67. The van der Waals surface area contributed by atoms with Crippen molar-refractivity contribution in [2.45, 2.75) is 24.8 Å². The normalized spacial score (nSPS) is 23.9. The predicted molar refractivity (Wildman–Crippen MR) is 85.8 cm³/mol. The number of hydrogen-bond donors (Lipinski definition) is 0. The highest BCUT2D eigenvalue weighted by molar-refractivity contribution is 6.21. The molecule has 0 saturated carbocycles.